The highest BCUT2D eigenvalue weighted by Gasteiger charge is 2.05. The third kappa shape index (κ3) is 2.75. The second kappa shape index (κ2) is 6.06. The summed E-state index contributed by atoms with van der Waals surface area (Å²) in [5.74, 6) is 1.06. The first-order valence-electron chi connectivity index (χ1n) is 7.69. The van der Waals surface area contributed by atoms with Crippen molar-refractivity contribution in [3.8, 4) is 0 Å². The Labute approximate surface area is 131 Å². The third-order valence-electron chi connectivity index (χ3n) is 4.16. The van der Waals surface area contributed by atoms with Gasteiger partial charge in [0.05, 0.1) is 11.2 Å². The number of aliphatic imine (C=N–C) groups is 1. The lowest BCUT2D eigenvalue weighted by atomic mass is 9.99. The standard InChI is InChI=1S/C19H21N3/c1-3-14(2)15-8-10-17(11-9-15)21-19(20)22-13-12-16-6-4-5-7-18(16)22/h4-14H,3H2,1-2H3,(H2,20,21). The number of nitrogens with two attached hydrogens (primary N) is 1. The minimum atomic E-state index is 0.484. The van der Waals surface area contributed by atoms with Crippen LogP contribution in [0.15, 0.2) is 65.8 Å². The molecule has 1 aromatic heterocycles. The van der Waals surface area contributed by atoms with Gasteiger partial charge in [-0.05, 0) is 42.2 Å². The summed E-state index contributed by atoms with van der Waals surface area (Å²) in [5.41, 5.74) is 9.46. The van der Waals surface area contributed by atoms with Crippen LogP contribution in [0.25, 0.3) is 10.9 Å². The van der Waals surface area contributed by atoms with E-state index in [2.05, 4.69) is 37.0 Å². The molecule has 1 unspecified atom stereocenters. The summed E-state index contributed by atoms with van der Waals surface area (Å²) in [6.07, 6.45) is 3.09. The summed E-state index contributed by atoms with van der Waals surface area (Å²) >= 11 is 0. The molecule has 3 rings (SSSR count). The van der Waals surface area contributed by atoms with Gasteiger partial charge < -0.3 is 5.73 Å². The number of rotatable bonds is 3. The third-order valence-corrected chi connectivity index (χ3v) is 4.16. The summed E-state index contributed by atoms with van der Waals surface area (Å²) in [4.78, 5) is 4.54. The van der Waals surface area contributed by atoms with E-state index in [9.17, 15) is 0 Å². The van der Waals surface area contributed by atoms with Crippen molar-refractivity contribution in [3.63, 3.8) is 0 Å². The van der Waals surface area contributed by atoms with E-state index in [1.807, 2.05) is 47.2 Å². The molecule has 0 aliphatic heterocycles. The number of aromatic nitrogens is 1. The first-order chi connectivity index (χ1) is 10.7. The Balaban J connectivity index is 1.91. The van der Waals surface area contributed by atoms with Gasteiger partial charge in [-0.2, -0.15) is 0 Å². The quantitative estimate of drug-likeness (QED) is 0.554. The second-order valence-electron chi connectivity index (χ2n) is 5.62. The van der Waals surface area contributed by atoms with E-state index in [0.29, 0.717) is 11.9 Å². The second-order valence-corrected chi connectivity index (χ2v) is 5.62. The van der Waals surface area contributed by atoms with Crippen LogP contribution in [0, 0.1) is 0 Å². The molecule has 0 radical (unpaired) electrons. The highest BCUT2D eigenvalue weighted by molar-refractivity contribution is 5.94. The average Bonchev–Trinajstić information content (AvgIpc) is 2.99. The molecule has 0 spiro atoms. The molecule has 0 amide bonds. The number of benzene rings is 2. The molecule has 3 heteroatoms. The maximum atomic E-state index is 6.17. The molecule has 0 bridgehead atoms. The van der Waals surface area contributed by atoms with Crippen molar-refractivity contribution in [3.05, 3.63) is 66.4 Å². The van der Waals surface area contributed by atoms with Crippen LogP contribution >= 0.6 is 0 Å². The Hall–Kier alpha value is -2.55. The lowest BCUT2D eigenvalue weighted by molar-refractivity contribution is 0.734. The zero-order valence-corrected chi connectivity index (χ0v) is 13.0. The van der Waals surface area contributed by atoms with Crippen LogP contribution < -0.4 is 5.73 Å². The molecule has 112 valence electrons. The molecule has 0 aliphatic carbocycles. The van der Waals surface area contributed by atoms with Gasteiger partial charge in [-0.15, -0.1) is 0 Å². The van der Waals surface area contributed by atoms with Crippen molar-refractivity contribution < 1.29 is 0 Å². The Kier molecular flexibility index (Phi) is 3.96. The molecule has 1 atom stereocenters. The van der Waals surface area contributed by atoms with Crippen LogP contribution in [0.5, 0.6) is 0 Å². The molecule has 0 aliphatic rings. The van der Waals surface area contributed by atoms with E-state index in [1.165, 1.54) is 5.56 Å². The minimum absolute atomic E-state index is 0.484. The van der Waals surface area contributed by atoms with Crippen LogP contribution in [0.2, 0.25) is 0 Å². The summed E-state index contributed by atoms with van der Waals surface area (Å²) < 4.78 is 1.91. The van der Waals surface area contributed by atoms with E-state index >= 15 is 0 Å². The fourth-order valence-corrected chi connectivity index (χ4v) is 2.58. The molecule has 1 heterocycles. The Morgan fingerprint density at radius 1 is 1.09 bits per heavy atom. The SMILES string of the molecule is CCC(C)c1ccc(N=C(N)n2ccc3ccccc32)cc1. The van der Waals surface area contributed by atoms with Crippen molar-refractivity contribution in [2.75, 3.05) is 0 Å². The van der Waals surface area contributed by atoms with E-state index in [4.69, 9.17) is 5.73 Å². The van der Waals surface area contributed by atoms with Gasteiger partial charge in [-0.25, -0.2) is 4.99 Å². The largest absolute Gasteiger partial charge is 0.369 e. The predicted molar refractivity (Wildman–Crippen MR) is 93.8 cm³/mol. The lowest BCUT2D eigenvalue weighted by Gasteiger charge is -2.09. The van der Waals surface area contributed by atoms with Crippen molar-refractivity contribution in [2.45, 2.75) is 26.2 Å². The van der Waals surface area contributed by atoms with Gasteiger partial charge in [-0.3, -0.25) is 4.57 Å². The van der Waals surface area contributed by atoms with Crippen LogP contribution in [0.4, 0.5) is 5.69 Å². The summed E-state index contributed by atoms with van der Waals surface area (Å²) in [7, 11) is 0. The molecule has 0 saturated heterocycles. The summed E-state index contributed by atoms with van der Waals surface area (Å²) in [6, 6.07) is 18.5. The topological polar surface area (TPSA) is 43.3 Å². The fraction of sp³-hybridized carbons (Fsp3) is 0.211. The van der Waals surface area contributed by atoms with Gasteiger partial charge in [0.2, 0.25) is 5.96 Å². The number of hydrogen-bond acceptors (Lipinski definition) is 1. The van der Waals surface area contributed by atoms with Crippen molar-refractivity contribution in [1.82, 2.24) is 4.57 Å². The van der Waals surface area contributed by atoms with Crippen LogP contribution in [-0.2, 0) is 0 Å². The Morgan fingerprint density at radius 3 is 2.55 bits per heavy atom. The molecule has 0 fully saturated rings. The Bertz CT molecular complexity index is 797. The van der Waals surface area contributed by atoms with Crippen molar-refractivity contribution in [2.24, 2.45) is 10.7 Å². The first kappa shape index (κ1) is 14.4. The number of fused-ring (bicyclic) bond motifs is 1. The molecule has 3 nitrogen and oxygen atoms in total. The van der Waals surface area contributed by atoms with Gasteiger partial charge in [0, 0.05) is 11.6 Å². The molecule has 22 heavy (non-hydrogen) atoms. The van der Waals surface area contributed by atoms with E-state index < -0.39 is 0 Å². The zero-order chi connectivity index (χ0) is 15.5. The number of nitrogens with zero attached hydrogens (tertiary/aromatic N) is 2. The van der Waals surface area contributed by atoms with E-state index in [1.54, 1.807) is 0 Å². The van der Waals surface area contributed by atoms with E-state index in [0.717, 1.165) is 23.0 Å². The van der Waals surface area contributed by atoms with Crippen molar-refractivity contribution >= 4 is 22.5 Å². The normalized spacial score (nSPS) is 13.5. The van der Waals surface area contributed by atoms with E-state index in [-0.39, 0.29) is 0 Å². The first-order valence-corrected chi connectivity index (χ1v) is 7.69. The minimum Gasteiger partial charge on any atom is -0.369 e. The monoisotopic (exact) mass is 291 g/mol. The van der Waals surface area contributed by atoms with Gasteiger partial charge >= 0.3 is 0 Å². The molecule has 0 saturated carbocycles. The molecule has 3 aromatic rings. The van der Waals surface area contributed by atoms with Crippen molar-refractivity contribution in [1.29, 1.82) is 0 Å². The van der Waals surface area contributed by atoms with Crippen LogP contribution in [0.3, 0.4) is 0 Å². The van der Waals surface area contributed by atoms with Gasteiger partial charge in [0.1, 0.15) is 0 Å². The number of hydrogen-bond donors (Lipinski definition) is 1. The highest BCUT2D eigenvalue weighted by Crippen LogP contribution is 2.22. The van der Waals surface area contributed by atoms with Gasteiger partial charge in [0.15, 0.2) is 0 Å². The molecular formula is C19H21N3. The zero-order valence-electron chi connectivity index (χ0n) is 13.0. The van der Waals surface area contributed by atoms with Crippen LogP contribution in [-0.4, -0.2) is 10.5 Å². The Morgan fingerprint density at radius 2 is 1.82 bits per heavy atom. The molecular weight excluding hydrogens is 270 g/mol. The number of para-hydroxylation sites is 1. The predicted octanol–water partition coefficient (Wildman–Crippen LogP) is 4.65. The van der Waals surface area contributed by atoms with Gasteiger partial charge in [-0.1, -0.05) is 44.2 Å². The van der Waals surface area contributed by atoms with Gasteiger partial charge in [0.25, 0.3) is 0 Å². The molecule has 2 N–H and O–H groups in total. The average molecular weight is 291 g/mol. The van der Waals surface area contributed by atoms with Crippen LogP contribution in [0.1, 0.15) is 31.7 Å². The highest BCUT2D eigenvalue weighted by atomic mass is 15.1. The summed E-state index contributed by atoms with van der Waals surface area (Å²) in [6.45, 7) is 4.43. The maximum absolute atomic E-state index is 6.17. The maximum Gasteiger partial charge on any atom is 0.205 e. The summed E-state index contributed by atoms with van der Waals surface area (Å²) in [5, 5.41) is 1.16. The lowest BCUT2D eigenvalue weighted by Crippen LogP contribution is -2.20. The fourth-order valence-electron chi connectivity index (χ4n) is 2.58. The molecule has 2 aromatic carbocycles. The smallest absolute Gasteiger partial charge is 0.205 e.